The van der Waals surface area contributed by atoms with Crippen LogP contribution in [-0.4, -0.2) is 52.9 Å². The van der Waals surface area contributed by atoms with Gasteiger partial charge in [-0.05, 0) is 23.9 Å². The Labute approximate surface area is 178 Å². The lowest BCUT2D eigenvalue weighted by Crippen LogP contribution is -2.42. The van der Waals surface area contributed by atoms with E-state index in [1.54, 1.807) is 18.5 Å². The molecule has 30 heavy (non-hydrogen) atoms. The number of carbonyl (C=O) groups excluding carboxylic acids is 2. The minimum absolute atomic E-state index is 0.0687. The lowest BCUT2D eigenvalue weighted by Gasteiger charge is -2.33. The van der Waals surface area contributed by atoms with Gasteiger partial charge in [0.25, 0.3) is 5.91 Å². The molecular formula is C21H23N5O3S. The summed E-state index contributed by atoms with van der Waals surface area (Å²) in [5.41, 5.74) is 6.42. The first-order valence-electron chi connectivity index (χ1n) is 9.85. The quantitative estimate of drug-likeness (QED) is 0.563. The number of nitrogens with one attached hydrogen (secondary N) is 1. The van der Waals surface area contributed by atoms with Crippen molar-refractivity contribution in [1.29, 1.82) is 0 Å². The molecule has 1 fully saturated rings. The number of nitrogens with zero attached hydrogens (tertiary/aromatic N) is 3. The molecule has 0 bridgehead atoms. The zero-order valence-corrected chi connectivity index (χ0v) is 17.2. The van der Waals surface area contributed by atoms with Gasteiger partial charge in [0.2, 0.25) is 11.9 Å². The summed E-state index contributed by atoms with van der Waals surface area (Å²) in [7, 11) is 0. The second-order valence-corrected chi connectivity index (χ2v) is 8.06. The summed E-state index contributed by atoms with van der Waals surface area (Å²) >= 11 is 1.37. The average Bonchev–Trinajstić information content (AvgIpc) is 3.17. The highest BCUT2D eigenvalue weighted by Crippen LogP contribution is 2.38. The van der Waals surface area contributed by atoms with E-state index in [1.807, 2.05) is 29.2 Å². The Balaban J connectivity index is 1.40. The van der Waals surface area contributed by atoms with Crippen LogP contribution in [0.3, 0.4) is 0 Å². The maximum absolute atomic E-state index is 12.7. The number of primary amides is 1. The van der Waals surface area contributed by atoms with Gasteiger partial charge in [0.05, 0.1) is 18.0 Å². The molecule has 156 valence electrons. The number of ether oxygens (including phenoxy) is 1. The first-order valence-corrected chi connectivity index (χ1v) is 10.7. The Bertz CT molecular complexity index is 1040. The van der Waals surface area contributed by atoms with Crippen molar-refractivity contribution in [1.82, 2.24) is 14.9 Å². The van der Waals surface area contributed by atoms with Gasteiger partial charge in [0.1, 0.15) is 6.10 Å². The van der Waals surface area contributed by atoms with Crippen LogP contribution in [0.5, 0.6) is 0 Å². The van der Waals surface area contributed by atoms with E-state index in [2.05, 4.69) is 15.3 Å². The molecule has 3 N–H and O–H groups in total. The van der Waals surface area contributed by atoms with Crippen molar-refractivity contribution >= 4 is 39.2 Å². The molecule has 1 unspecified atom stereocenters. The summed E-state index contributed by atoms with van der Waals surface area (Å²) in [4.78, 5) is 35.3. The van der Waals surface area contributed by atoms with Crippen molar-refractivity contribution < 1.29 is 14.3 Å². The SMILES string of the molecule is NC(=O)c1sc2ccccc2c1C1CN(C(=O)CCCNc2ncccn2)CCO1. The minimum atomic E-state index is -0.465. The minimum Gasteiger partial charge on any atom is -0.370 e. The summed E-state index contributed by atoms with van der Waals surface area (Å²) in [6.45, 7) is 1.99. The van der Waals surface area contributed by atoms with Gasteiger partial charge in [0.15, 0.2) is 0 Å². The molecule has 0 spiro atoms. The van der Waals surface area contributed by atoms with E-state index >= 15 is 0 Å². The highest BCUT2D eigenvalue weighted by atomic mass is 32.1. The molecule has 1 aliphatic rings. The molecule has 3 aromatic rings. The summed E-state index contributed by atoms with van der Waals surface area (Å²) in [5, 5.41) is 4.07. The van der Waals surface area contributed by atoms with Crippen LogP contribution in [0.1, 0.15) is 34.2 Å². The molecular weight excluding hydrogens is 402 g/mol. The zero-order valence-electron chi connectivity index (χ0n) is 16.4. The highest BCUT2D eigenvalue weighted by molar-refractivity contribution is 7.21. The lowest BCUT2D eigenvalue weighted by molar-refractivity contribution is -0.139. The second kappa shape index (κ2) is 9.19. The molecule has 9 heteroatoms. The number of hydrogen-bond acceptors (Lipinski definition) is 7. The first kappa shape index (κ1) is 20.2. The second-order valence-electron chi connectivity index (χ2n) is 7.01. The third-order valence-corrected chi connectivity index (χ3v) is 6.22. The van der Waals surface area contributed by atoms with Crippen molar-refractivity contribution in [3.8, 4) is 0 Å². The molecule has 2 amide bonds. The van der Waals surface area contributed by atoms with Crippen LogP contribution in [0.4, 0.5) is 5.95 Å². The maximum Gasteiger partial charge on any atom is 0.259 e. The third kappa shape index (κ3) is 4.42. The number of anilines is 1. The van der Waals surface area contributed by atoms with Crippen LogP contribution in [-0.2, 0) is 9.53 Å². The van der Waals surface area contributed by atoms with Gasteiger partial charge >= 0.3 is 0 Å². The zero-order chi connectivity index (χ0) is 20.9. The average molecular weight is 426 g/mol. The normalized spacial score (nSPS) is 16.5. The summed E-state index contributed by atoms with van der Waals surface area (Å²) < 4.78 is 6.95. The van der Waals surface area contributed by atoms with Crippen LogP contribution in [0, 0.1) is 0 Å². The van der Waals surface area contributed by atoms with Crippen molar-refractivity contribution in [2.75, 3.05) is 31.6 Å². The van der Waals surface area contributed by atoms with Crippen LogP contribution in [0.25, 0.3) is 10.1 Å². The number of hydrogen-bond donors (Lipinski definition) is 2. The van der Waals surface area contributed by atoms with Crippen molar-refractivity contribution in [3.63, 3.8) is 0 Å². The van der Waals surface area contributed by atoms with Gasteiger partial charge in [-0.1, -0.05) is 18.2 Å². The number of morpholine rings is 1. The Hall–Kier alpha value is -3.04. The van der Waals surface area contributed by atoms with Crippen LogP contribution >= 0.6 is 11.3 Å². The van der Waals surface area contributed by atoms with E-state index < -0.39 is 5.91 Å². The van der Waals surface area contributed by atoms with Crippen molar-refractivity contribution in [2.24, 2.45) is 5.73 Å². The van der Waals surface area contributed by atoms with Gasteiger partial charge in [-0.3, -0.25) is 9.59 Å². The first-order chi connectivity index (χ1) is 14.6. The number of fused-ring (bicyclic) bond motifs is 1. The third-order valence-electron chi connectivity index (χ3n) is 5.02. The van der Waals surface area contributed by atoms with Gasteiger partial charge < -0.3 is 20.7 Å². The van der Waals surface area contributed by atoms with E-state index in [0.29, 0.717) is 49.9 Å². The molecule has 1 aromatic carbocycles. The molecule has 1 atom stereocenters. The molecule has 0 radical (unpaired) electrons. The topological polar surface area (TPSA) is 110 Å². The predicted molar refractivity (Wildman–Crippen MR) is 115 cm³/mol. The monoisotopic (exact) mass is 425 g/mol. The van der Waals surface area contributed by atoms with Crippen LogP contribution in [0.2, 0.25) is 0 Å². The molecule has 1 aliphatic heterocycles. The number of benzene rings is 1. The summed E-state index contributed by atoms with van der Waals surface area (Å²) in [6.07, 6.45) is 4.07. The Morgan fingerprint density at radius 3 is 2.83 bits per heavy atom. The predicted octanol–water partition coefficient (Wildman–Crippen LogP) is 2.58. The number of rotatable bonds is 7. The van der Waals surface area contributed by atoms with E-state index in [-0.39, 0.29) is 12.0 Å². The molecule has 8 nitrogen and oxygen atoms in total. The number of thiophene rings is 1. The van der Waals surface area contributed by atoms with Gasteiger partial charge in [-0.15, -0.1) is 11.3 Å². The van der Waals surface area contributed by atoms with Crippen molar-refractivity contribution in [3.05, 3.63) is 53.2 Å². The van der Waals surface area contributed by atoms with E-state index in [0.717, 1.165) is 15.6 Å². The Morgan fingerprint density at radius 1 is 1.23 bits per heavy atom. The highest BCUT2D eigenvalue weighted by Gasteiger charge is 2.30. The number of amides is 2. The van der Waals surface area contributed by atoms with Crippen LogP contribution < -0.4 is 11.1 Å². The van der Waals surface area contributed by atoms with Gasteiger partial charge in [-0.25, -0.2) is 9.97 Å². The van der Waals surface area contributed by atoms with Crippen molar-refractivity contribution in [2.45, 2.75) is 18.9 Å². The number of carbonyl (C=O) groups is 2. The Morgan fingerprint density at radius 2 is 2.03 bits per heavy atom. The van der Waals surface area contributed by atoms with E-state index in [4.69, 9.17) is 10.5 Å². The lowest BCUT2D eigenvalue weighted by atomic mass is 10.0. The van der Waals surface area contributed by atoms with E-state index in [9.17, 15) is 9.59 Å². The number of nitrogens with two attached hydrogens (primary N) is 1. The van der Waals surface area contributed by atoms with Crippen LogP contribution in [0.15, 0.2) is 42.7 Å². The van der Waals surface area contributed by atoms with E-state index in [1.165, 1.54) is 11.3 Å². The smallest absolute Gasteiger partial charge is 0.259 e. The standard InChI is InChI=1S/C21H23N5O3S/c22-20(28)19-18(14-5-1-2-6-16(14)30-19)15-13-26(11-12-29-15)17(27)7-3-8-23-21-24-9-4-10-25-21/h1-2,4-6,9-10,15H,3,7-8,11-13H2,(H2,22,28)(H,23,24,25). The maximum atomic E-state index is 12.7. The Kier molecular flexibility index (Phi) is 6.20. The fourth-order valence-electron chi connectivity index (χ4n) is 3.61. The largest absolute Gasteiger partial charge is 0.370 e. The summed E-state index contributed by atoms with van der Waals surface area (Å²) in [6, 6.07) is 9.54. The molecule has 2 aromatic heterocycles. The van der Waals surface area contributed by atoms with Gasteiger partial charge in [-0.2, -0.15) is 0 Å². The molecule has 0 saturated carbocycles. The molecule has 4 rings (SSSR count). The molecule has 0 aliphatic carbocycles. The van der Waals surface area contributed by atoms with Gasteiger partial charge in [0, 0.05) is 42.2 Å². The number of aromatic nitrogens is 2. The fourth-order valence-corrected chi connectivity index (χ4v) is 4.71. The fraction of sp³-hybridized carbons (Fsp3) is 0.333. The molecule has 3 heterocycles. The summed E-state index contributed by atoms with van der Waals surface area (Å²) in [5.74, 6) is 0.159. The molecule has 1 saturated heterocycles.